The molecule has 0 bridgehead atoms. The number of carbonyl (C=O) groups excluding carboxylic acids is 1. The second-order valence-corrected chi connectivity index (χ2v) is 3.11. The fraction of sp³-hybridized carbons (Fsp3) is 0.111. The van der Waals surface area contributed by atoms with E-state index in [1.54, 1.807) is 12.3 Å². The maximum Gasteiger partial charge on any atom is 0.218 e. The second-order valence-electron chi connectivity index (χ2n) is 2.09. The van der Waals surface area contributed by atoms with Crippen LogP contribution >= 0.6 is 11.8 Å². The van der Waals surface area contributed by atoms with Crippen LogP contribution in [0.15, 0.2) is 41.6 Å². The molecule has 12 heavy (non-hydrogen) atoms. The van der Waals surface area contributed by atoms with E-state index in [-0.39, 0.29) is 5.12 Å². The van der Waals surface area contributed by atoms with E-state index in [1.807, 2.05) is 25.1 Å². The van der Waals surface area contributed by atoms with Crippen LogP contribution in [0, 0.1) is 0 Å². The van der Waals surface area contributed by atoms with Crippen molar-refractivity contribution in [3.8, 4) is 0 Å². The molecule has 0 atom stereocenters. The zero-order valence-electron chi connectivity index (χ0n) is 6.73. The summed E-state index contributed by atoms with van der Waals surface area (Å²) in [4.78, 5) is 15.1. The molecule has 0 fully saturated rings. The van der Waals surface area contributed by atoms with Gasteiger partial charge in [0.1, 0.15) is 5.03 Å². The minimum Gasteiger partial charge on any atom is -0.282 e. The van der Waals surface area contributed by atoms with Gasteiger partial charge in [-0.2, -0.15) is 0 Å². The van der Waals surface area contributed by atoms with Crippen LogP contribution in [-0.4, -0.2) is 10.1 Å². The van der Waals surface area contributed by atoms with Crippen molar-refractivity contribution in [1.29, 1.82) is 0 Å². The summed E-state index contributed by atoms with van der Waals surface area (Å²) in [6, 6.07) is 5.49. The predicted octanol–water partition coefficient (Wildman–Crippen LogP) is 2.28. The van der Waals surface area contributed by atoms with Gasteiger partial charge in [0.15, 0.2) is 0 Å². The number of carbonyl (C=O) groups is 1. The van der Waals surface area contributed by atoms with Gasteiger partial charge in [-0.25, -0.2) is 4.98 Å². The first kappa shape index (κ1) is 9.00. The highest BCUT2D eigenvalue weighted by Gasteiger charge is 1.99. The predicted molar refractivity (Wildman–Crippen MR) is 49.9 cm³/mol. The molecule has 0 aliphatic heterocycles. The van der Waals surface area contributed by atoms with Crippen molar-refractivity contribution >= 4 is 16.9 Å². The van der Waals surface area contributed by atoms with Crippen LogP contribution < -0.4 is 0 Å². The van der Waals surface area contributed by atoms with E-state index in [9.17, 15) is 4.79 Å². The Bertz CT molecular complexity index is 282. The number of nitrogens with zero attached hydrogens (tertiary/aromatic N) is 1. The summed E-state index contributed by atoms with van der Waals surface area (Å²) >= 11 is 1.13. The molecule has 0 saturated heterocycles. The first-order chi connectivity index (χ1) is 5.83. The molecule has 0 aliphatic rings. The lowest BCUT2D eigenvalue weighted by molar-refractivity contribution is -0.107. The van der Waals surface area contributed by atoms with Gasteiger partial charge in [-0.3, -0.25) is 4.79 Å². The first-order valence-corrected chi connectivity index (χ1v) is 4.40. The van der Waals surface area contributed by atoms with Crippen molar-refractivity contribution < 1.29 is 4.79 Å². The molecule has 0 radical (unpaired) electrons. The van der Waals surface area contributed by atoms with Gasteiger partial charge in [-0.05, 0) is 36.9 Å². The molecule has 1 heterocycles. The van der Waals surface area contributed by atoms with Crippen LogP contribution in [0.5, 0.6) is 0 Å². The first-order valence-electron chi connectivity index (χ1n) is 3.58. The molecular formula is C9H9NOS. The van der Waals surface area contributed by atoms with E-state index in [4.69, 9.17) is 0 Å². The van der Waals surface area contributed by atoms with Crippen LogP contribution in [0.4, 0.5) is 0 Å². The van der Waals surface area contributed by atoms with Gasteiger partial charge < -0.3 is 0 Å². The molecule has 0 amide bonds. The summed E-state index contributed by atoms with van der Waals surface area (Å²) in [5.74, 6) is 0. The van der Waals surface area contributed by atoms with Crippen molar-refractivity contribution in [3.05, 3.63) is 36.5 Å². The third-order valence-corrected chi connectivity index (χ3v) is 1.93. The molecule has 1 rings (SSSR count). The molecular weight excluding hydrogens is 170 g/mol. The smallest absolute Gasteiger partial charge is 0.218 e. The van der Waals surface area contributed by atoms with E-state index in [2.05, 4.69) is 4.98 Å². The van der Waals surface area contributed by atoms with Crippen molar-refractivity contribution in [2.24, 2.45) is 0 Å². The lowest BCUT2D eigenvalue weighted by Crippen LogP contribution is -1.85. The molecule has 62 valence electrons. The zero-order chi connectivity index (χ0) is 8.81. The Labute approximate surface area is 75.7 Å². The van der Waals surface area contributed by atoms with E-state index in [0.717, 1.165) is 16.8 Å². The Kier molecular flexibility index (Phi) is 3.54. The number of aromatic nitrogens is 1. The summed E-state index contributed by atoms with van der Waals surface area (Å²) in [7, 11) is 0. The number of rotatable bonds is 2. The number of thioether (sulfide) groups is 1. The highest BCUT2D eigenvalue weighted by atomic mass is 32.2. The van der Waals surface area contributed by atoms with Crippen LogP contribution in [0.25, 0.3) is 0 Å². The third-order valence-electron chi connectivity index (χ3n) is 1.15. The Hall–Kier alpha value is -1.09. The Morgan fingerprint density at radius 2 is 2.42 bits per heavy atom. The van der Waals surface area contributed by atoms with Gasteiger partial charge >= 0.3 is 0 Å². The summed E-state index contributed by atoms with van der Waals surface area (Å²) in [5, 5.41) is 0.747. The number of hydrogen-bond donors (Lipinski definition) is 0. The maximum absolute atomic E-state index is 11.0. The van der Waals surface area contributed by atoms with Gasteiger partial charge in [0, 0.05) is 6.20 Å². The van der Waals surface area contributed by atoms with Crippen molar-refractivity contribution in [1.82, 2.24) is 4.98 Å². The number of pyridine rings is 1. The van der Waals surface area contributed by atoms with E-state index < -0.39 is 0 Å². The average molecular weight is 179 g/mol. The van der Waals surface area contributed by atoms with Gasteiger partial charge in [0.2, 0.25) is 5.12 Å². The lowest BCUT2D eigenvalue weighted by atomic mass is 10.5. The maximum atomic E-state index is 11.0. The Morgan fingerprint density at radius 1 is 1.58 bits per heavy atom. The van der Waals surface area contributed by atoms with Gasteiger partial charge in [0.05, 0.1) is 0 Å². The Balaban J connectivity index is 2.59. The molecule has 0 aromatic carbocycles. The number of hydrogen-bond acceptors (Lipinski definition) is 3. The van der Waals surface area contributed by atoms with Gasteiger partial charge in [-0.1, -0.05) is 12.1 Å². The molecule has 0 saturated carbocycles. The van der Waals surface area contributed by atoms with Crippen LogP contribution in [0.3, 0.4) is 0 Å². The molecule has 2 nitrogen and oxygen atoms in total. The topological polar surface area (TPSA) is 30.0 Å². The van der Waals surface area contributed by atoms with Crippen molar-refractivity contribution in [3.63, 3.8) is 0 Å². The van der Waals surface area contributed by atoms with Gasteiger partial charge in [-0.15, -0.1) is 0 Å². The molecule has 1 aromatic rings. The van der Waals surface area contributed by atoms with E-state index in [1.165, 1.54) is 6.08 Å². The fourth-order valence-electron chi connectivity index (χ4n) is 0.681. The fourth-order valence-corrected chi connectivity index (χ4v) is 1.35. The van der Waals surface area contributed by atoms with Gasteiger partial charge in [0.25, 0.3) is 0 Å². The highest BCUT2D eigenvalue weighted by molar-refractivity contribution is 8.14. The van der Waals surface area contributed by atoms with Crippen molar-refractivity contribution in [2.75, 3.05) is 0 Å². The molecule has 0 N–H and O–H groups in total. The second kappa shape index (κ2) is 4.72. The molecule has 0 aliphatic carbocycles. The molecule has 0 spiro atoms. The third kappa shape index (κ3) is 2.88. The van der Waals surface area contributed by atoms with Crippen LogP contribution in [0.2, 0.25) is 0 Å². The highest BCUT2D eigenvalue weighted by Crippen LogP contribution is 2.14. The minimum absolute atomic E-state index is 0.0104. The molecule has 3 heteroatoms. The summed E-state index contributed by atoms with van der Waals surface area (Å²) < 4.78 is 0. The monoisotopic (exact) mass is 179 g/mol. The normalized spacial score (nSPS) is 10.4. The SMILES string of the molecule is C/C=C/C(=O)Sc1ccccn1. The standard InChI is InChI=1S/C9H9NOS/c1-2-5-9(11)12-8-6-3-4-7-10-8/h2-7H,1H3/b5-2+. The largest absolute Gasteiger partial charge is 0.282 e. The molecule has 0 unspecified atom stereocenters. The summed E-state index contributed by atoms with van der Waals surface area (Å²) in [6.07, 6.45) is 4.92. The van der Waals surface area contributed by atoms with Crippen LogP contribution in [0.1, 0.15) is 6.92 Å². The Morgan fingerprint density at radius 3 is 3.00 bits per heavy atom. The zero-order valence-corrected chi connectivity index (χ0v) is 7.54. The summed E-state index contributed by atoms with van der Waals surface area (Å²) in [5.41, 5.74) is 0. The lowest BCUT2D eigenvalue weighted by Gasteiger charge is -1.93. The van der Waals surface area contributed by atoms with Crippen LogP contribution in [-0.2, 0) is 4.79 Å². The summed E-state index contributed by atoms with van der Waals surface area (Å²) in [6.45, 7) is 1.82. The minimum atomic E-state index is 0.0104. The average Bonchev–Trinajstić information content (AvgIpc) is 2.06. The quantitative estimate of drug-likeness (QED) is 0.515. The van der Waals surface area contributed by atoms with Crippen molar-refractivity contribution in [2.45, 2.75) is 11.9 Å². The van der Waals surface area contributed by atoms with E-state index in [0.29, 0.717) is 0 Å². The number of allylic oxidation sites excluding steroid dienone is 1. The molecule has 1 aromatic heterocycles. The van der Waals surface area contributed by atoms with E-state index >= 15 is 0 Å².